The van der Waals surface area contributed by atoms with Crippen molar-refractivity contribution in [1.29, 1.82) is 0 Å². The van der Waals surface area contributed by atoms with E-state index in [1.807, 2.05) is 36.4 Å². The number of nitrogens with one attached hydrogen (secondary N) is 1. The van der Waals surface area contributed by atoms with Crippen molar-refractivity contribution in [2.24, 2.45) is 0 Å². The van der Waals surface area contributed by atoms with Crippen LogP contribution >= 0.6 is 11.8 Å². The van der Waals surface area contributed by atoms with Crippen molar-refractivity contribution in [1.82, 2.24) is 15.1 Å². The summed E-state index contributed by atoms with van der Waals surface area (Å²) in [7, 11) is 0. The quantitative estimate of drug-likeness (QED) is 0.616. The molecular formula is C20H20FN3OS. The largest absolute Gasteiger partial charge is 0.351 e. The first kappa shape index (κ1) is 18.2. The fourth-order valence-corrected chi connectivity index (χ4v) is 3.32. The van der Waals surface area contributed by atoms with Gasteiger partial charge in [-0.25, -0.2) is 4.39 Å². The van der Waals surface area contributed by atoms with Gasteiger partial charge < -0.3 is 5.32 Å². The topological polar surface area (TPSA) is 46.9 Å². The summed E-state index contributed by atoms with van der Waals surface area (Å²) < 4.78 is 15.3. The summed E-state index contributed by atoms with van der Waals surface area (Å²) >= 11 is 1.59. The molecule has 0 atom stereocenters. The van der Waals surface area contributed by atoms with Crippen molar-refractivity contribution in [2.45, 2.75) is 12.3 Å². The number of hydrogen-bond acceptors (Lipinski definition) is 3. The molecule has 4 nitrogen and oxygen atoms in total. The van der Waals surface area contributed by atoms with Crippen molar-refractivity contribution in [3.05, 3.63) is 89.5 Å². The third-order valence-electron chi connectivity index (χ3n) is 3.83. The second-order valence-electron chi connectivity index (χ2n) is 5.81. The Morgan fingerprint density at radius 3 is 2.69 bits per heavy atom. The first-order valence-corrected chi connectivity index (χ1v) is 9.53. The number of thioether (sulfide) groups is 1. The molecule has 0 saturated heterocycles. The molecule has 2 aromatic carbocycles. The minimum absolute atomic E-state index is 0.143. The number of amides is 1. The summed E-state index contributed by atoms with van der Waals surface area (Å²) in [5.74, 6) is 0.987. The van der Waals surface area contributed by atoms with Crippen LogP contribution in [-0.4, -0.2) is 28.0 Å². The van der Waals surface area contributed by atoms with E-state index in [1.165, 1.54) is 6.07 Å². The highest BCUT2D eigenvalue weighted by molar-refractivity contribution is 7.98. The maximum absolute atomic E-state index is 13.5. The summed E-state index contributed by atoms with van der Waals surface area (Å²) in [6, 6.07) is 16.7. The number of halogens is 1. The number of benzene rings is 2. The van der Waals surface area contributed by atoms with Crippen molar-refractivity contribution < 1.29 is 9.18 Å². The zero-order valence-electron chi connectivity index (χ0n) is 14.3. The predicted molar refractivity (Wildman–Crippen MR) is 103 cm³/mol. The molecule has 1 heterocycles. The molecule has 1 amide bonds. The highest BCUT2D eigenvalue weighted by Gasteiger charge is 2.08. The van der Waals surface area contributed by atoms with Gasteiger partial charge in [0.1, 0.15) is 5.82 Å². The van der Waals surface area contributed by atoms with Gasteiger partial charge in [-0.1, -0.05) is 48.5 Å². The average Bonchev–Trinajstić information content (AvgIpc) is 3.12. The van der Waals surface area contributed by atoms with Gasteiger partial charge in [0.2, 0.25) is 0 Å². The second-order valence-corrected chi connectivity index (χ2v) is 6.92. The Kier molecular flexibility index (Phi) is 6.44. The maximum Gasteiger partial charge on any atom is 0.254 e. The van der Waals surface area contributed by atoms with E-state index in [4.69, 9.17) is 0 Å². The van der Waals surface area contributed by atoms with E-state index >= 15 is 0 Å². The van der Waals surface area contributed by atoms with Crippen LogP contribution in [0.15, 0.2) is 67.0 Å². The number of aromatic nitrogens is 2. The van der Waals surface area contributed by atoms with Crippen LogP contribution < -0.4 is 5.32 Å². The fourth-order valence-electron chi connectivity index (χ4n) is 2.47. The van der Waals surface area contributed by atoms with E-state index in [9.17, 15) is 9.18 Å². The van der Waals surface area contributed by atoms with Gasteiger partial charge in [-0.2, -0.15) is 16.9 Å². The minimum atomic E-state index is -0.185. The molecule has 1 aromatic heterocycles. The highest BCUT2D eigenvalue weighted by atomic mass is 32.2. The zero-order chi connectivity index (χ0) is 18.2. The van der Waals surface area contributed by atoms with Crippen molar-refractivity contribution in [3.8, 4) is 0 Å². The standard InChI is InChI=1S/C20H20FN3OS/c21-19-9-5-4-8-17(19)15-26-11-10-22-20(25)18-12-23-24(14-18)13-16-6-2-1-3-7-16/h1-9,12,14H,10-11,13,15H2,(H,22,25). The fraction of sp³-hybridized carbons (Fsp3) is 0.200. The third-order valence-corrected chi connectivity index (χ3v) is 4.84. The van der Waals surface area contributed by atoms with Gasteiger partial charge in [0.25, 0.3) is 5.91 Å². The van der Waals surface area contributed by atoms with Gasteiger partial charge in [0, 0.05) is 24.2 Å². The Morgan fingerprint density at radius 1 is 1.12 bits per heavy atom. The molecule has 0 fully saturated rings. The lowest BCUT2D eigenvalue weighted by atomic mass is 10.2. The number of carbonyl (C=O) groups is 1. The molecular weight excluding hydrogens is 349 g/mol. The zero-order valence-corrected chi connectivity index (χ0v) is 15.1. The smallest absolute Gasteiger partial charge is 0.254 e. The van der Waals surface area contributed by atoms with Crippen LogP contribution in [0.5, 0.6) is 0 Å². The molecule has 0 unspecified atom stereocenters. The van der Waals surface area contributed by atoms with Gasteiger partial charge >= 0.3 is 0 Å². The number of hydrogen-bond donors (Lipinski definition) is 1. The number of carbonyl (C=O) groups excluding carboxylic acids is 1. The molecule has 0 aliphatic carbocycles. The maximum atomic E-state index is 13.5. The van der Waals surface area contributed by atoms with Crippen molar-refractivity contribution in [2.75, 3.05) is 12.3 Å². The van der Waals surface area contributed by atoms with E-state index in [1.54, 1.807) is 41.0 Å². The van der Waals surface area contributed by atoms with Crippen LogP contribution in [0.4, 0.5) is 4.39 Å². The van der Waals surface area contributed by atoms with E-state index < -0.39 is 0 Å². The lowest BCUT2D eigenvalue weighted by Gasteiger charge is -2.05. The molecule has 134 valence electrons. The molecule has 0 saturated carbocycles. The summed E-state index contributed by atoms with van der Waals surface area (Å²) in [4.78, 5) is 12.2. The molecule has 6 heteroatoms. The predicted octanol–water partition coefficient (Wildman–Crippen LogP) is 3.73. The Morgan fingerprint density at radius 2 is 1.88 bits per heavy atom. The molecule has 0 bridgehead atoms. The highest BCUT2D eigenvalue weighted by Crippen LogP contribution is 2.14. The van der Waals surface area contributed by atoms with Gasteiger partial charge in [-0.3, -0.25) is 9.48 Å². The van der Waals surface area contributed by atoms with Gasteiger partial charge in [0.15, 0.2) is 0 Å². The lowest BCUT2D eigenvalue weighted by molar-refractivity contribution is 0.0956. The van der Waals surface area contributed by atoms with Crippen LogP contribution in [0.3, 0.4) is 0 Å². The number of rotatable bonds is 8. The second kappa shape index (κ2) is 9.20. The summed E-state index contributed by atoms with van der Waals surface area (Å²) in [5, 5.41) is 7.11. The summed E-state index contributed by atoms with van der Waals surface area (Å²) in [6.07, 6.45) is 3.32. The normalized spacial score (nSPS) is 10.7. The Bertz CT molecular complexity index is 851. The van der Waals surface area contributed by atoms with E-state index in [-0.39, 0.29) is 11.7 Å². The van der Waals surface area contributed by atoms with E-state index in [0.29, 0.717) is 30.0 Å². The molecule has 3 aromatic rings. The van der Waals surface area contributed by atoms with Crippen LogP contribution in [0.2, 0.25) is 0 Å². The van der Waals surface area contributed by atoms with Crippen LogP contribution in [-0.2, 0) is 12.3 Å². The minimum Gasteiger partial charge on any atom is -0.351 e. The summed E-state index contributed by atoms with van der Waals surface area (Å²) in [6.45, 7) is 1.16. The number of nitrogens with zero attached hydrogens (tertiary/aromatic N) is 2. The van der Waals surface area contributed by atoms with E-state index in [0.717, 1.165) is 11.3 Å². The van der Waals surface area contributed by atoms with Crippen LogP contribution in [0.1, 0.15) is 21.5 Å². The molecule has 0 radical (unpaired) electrons. The monoisotopic (exact) mass is 369 g/mol. The van der Waals surface area contributed by atoms with Crippen molar-refractivity contribution >= 4 is 17.7 Å². The molecule has 26 heavy (non-hydrogen) atoms. The van der Waals surface area contributed by atoms with Gasteiger partial charge in [0.05, 0.1) is 18.3 Å². The first-order chi connectivity index (χ1) is 12.7. The SMILES string of the molecule is O=C(NCCSCc1ccccc1F)c1cnn(Cc2ccccc2)c1. The summed E-state index contributed by atoms with van der Waals surface area (Å²) in [5.41, 5.74) is 2.36. The Hall–Kier alpha value is -2.60. The molecule has 0 spiro atoms. The van der Waals surface area contributed by atoms with Crippen LogP contribution in [0, 0.1) is 5.82 Å². The van der Waals surface area contributed by atoms with Gasteiger partial charge in [-0.05, 0) is 17.2 Å². The average molecular weight is 369 g/mol. The molecule has 3 rings (SSSR count). The Balaban J connectivity index is 1.40. The van der Waals surface area contributed by atoms with E-state index in [2.05, 4.69) is 10.4 Å². The third kappa shape index (κ3) is 5.20. The molecule has 0 aliphatic heterocycles. The van der Waals surface area contributed by atoms with Gasteiger partial charge in [-0.15, -0.1) is 0 Å². The van der Waals surface area contributed by atoms with Crippen molar-refractivity contribution in [3.63, 3.8) is 0 Å². The molecule has 1 N–H and O–H groups in total. The Labute approximate surface area is 156 Å². The van der Waals surface area contributed by atoms with Crippen LogP contribution in [0.25, 0.3) is 0 Å². The first-order valence-electron chi connectivity index (χ1n) is 8.38. The lowest BCUT2D eigenvalue weighted by Crippen LogP contribution is -2.25. The molecule has 0 aliphatic rings.